The van der Waals surface area contributed by atoms with Gasteiger partial charge in [0.25, 0.3) is 0 Å². The molecular weight excluding hydrogens is 258 g/mol. The monoisotopic (exact) mass is 279 g/mol. The van der Waals surface area contributed by atoms with Gasteiger partial charge < -0.3 is 19.1 Å². The van der Waals surface area contributed by atoms with Gasteiger partial charge in [-0.25, -0.2) is 4.79 Å². The second-order valence-electron chi connectivity index (χ2n) is 4.82. The lowest BCUT2D eigenvalue weighted by molar-refractivity contribution is 0.0179. The van der Waals surface area contributed by atoms with E-state index in [4.69, 9.17) is 14.2 Å². The van der Waals surface area contributed by atoms with Crippen molar-refractivity contribution in [1.29, 1.82) is 0 Å². The zero-order chi connectivity index (χ0) is 14.4. The van der Waals surface area contributed by atoms with E-state index in [1.807, 2.05) is 30.3 Å². The van der Waals surface area contributed by atoms with Crippen LogP contribution in [-0.4, -0.2) is 50.5 Å². The van der Waals surface area contributed by atoms with Gasteiger partial charge in [0, 0.05) is 20.8 Å². The van der Waals surface area contributed by atoms with E-state index in [0.717, 1.165) is 12.0 Å². The highest BCUT2D eigenvalue weighted by molar-refractivity contribution is 5.68. The molecule has 2 atom stereocenters. The average molecular weight is 279 g/mol. The summed E-state index contributed by atoms with van der Waals surface area (Å²) in [7, 11) is 3.28. The number of hydrogen-bond acceptors (Lipinski definition) is 4. The summed E-state index contributed by atoms with van der Waals surface area (Å²) >= 11 is 0. The third-order valence-electron chi connectivity index (χ3n) is 3.56. The Labute approximate surface area is 119 Å². The highest BCUT2D eigenvalue weighted by atomic mass is 16.6. The van der Waals surface area contributed by atoms with Crippen molar-refractivity contribution in [1.82, 2.24) is 4.90 Å². The first kappa shape index (κ1) is 14.8. The fourth-order valence-electron chi connectivity index (χ4n) is 2.50. The number of likely N-dealkylation sites (tertiary alicyclic amines) is 1. The topological polar surface area (TPSA) is 48.0 Å². The van der Waals surface area contributed by atoms with Crippen LogP contribution < -0.4 is 0 Å². The Bertz CT molecular complexity index is 423. The molecule has 1 aliphatic heterocycles. The lowest BCUT2D eigenvalue weighted by Crippen LogP contribution is -2.43. The van der Waals surface area contributed by atoms with Crippen molar-refractivity contribution in [3.05, 3.63) is 35.9 Å². The fraction of sp³-hybridized carbons (Fsp3) is 0.533. The largest absolute Gasteiger partial charge is 0.445 e. The van der Waals surface area contributed by atoms with E-state index in [1.165, 1.54) is 0 Å². The molecule has 1 aliphatic rings. The van der Waals surface area contributed by atoms with Crippen molar-refractivity contribution >= 4 is 6.09 Å². The van der Waals surface area contributed by atoms with Crippen LogP contribution in [0, 0.1) is 0 Å². The van der Waals surface area contributed by atoms with E-state index in [1.54, 1.807) is 19.1 Å². The number of benzene rings is 1. The molecule has 1 aromatic carbocycles. The summed E-state index contributed by atoms with van der Waals surface area (Å²) in [6.07, 6.45) is 0.514. The molecule has 0 radical (unpaired) electrons. The summed E-state index contributed by atoms with van der Waals surface area (Å²) in [6, 6.07) is 9.57. The molecular formula is C15H21NO4. The molecule has 2 rings (SSSR count). The first-order valence-corrected chi connectivity index (χ1v) is 6.75. The summed E-state index contributed by atoms with van der Waals surface area (Å²) in [5.41, 5.74) is 0.978. The van der Waals surface area contributed by atoms with Gasteiger partial charge in [0.15, 0.2) is 0 Å². The van der Waals surface area contributed by atoms with Crippen LogP contribution in [0.1, 0.15) is 12.0 Å². The molecule has 20 heavy (non-hydrogen) atoms. The molecule has 0 aliphatic carbocycles. The van der Waals surface area contributed by atoms with E-state index in [9.17, 15) is 4.79 Å². The molecule has 1 heterocycles. The van der Waals surface area contributed by atoms with Crippen LogP contribution in [-0.2, 0) is 20.8 Å². The third kappa shape index (κ3) is 3.49. The Morgan fingerprint density at radius 1 is 1.30 bits per heavy atom. The van der Waals surface area contributed by atoms with E-state index in [2.05, 4.69) is 0 Å². The minimum Gasteiger partial charge on any atom is -0.445 e. The van der Waals surface area contributed by atoms with Crippen LogP contribution in [0.25, 0.3) is 0 Å². The highest BCUT2D eigenvalue weighted by Crippen LogP contribution is 2.22. The van der Waals surface area contributed by atoms with Crippen LogP contribution in [0.4, 0.5) is 4.79 Å². The molecule has 1 amide bonds. The number of ether oxygens (including phenoxy) is 3. The summed E-state index contributed by atoms with van der Waals surface area (Å²) in [5.74, 6) is 0. The van der Waals surface area contributed by atoms with Crippen molar-refractivity contribution < 1.29 is 19.0 Å². The number of rotatable bonds is 5. The molecule has 5 heteroatoms. The van der Waals surface area contributed by atoms with Crippen LogP contribution in [0.5, 0.6) is 0 Å². The first-order chi connectivity index (χ1) is 9.76. The average Bonchev–Trinajstić information content (AvgIpc) is 2.89. The van der Waals surface area contributed by atoms with Crippen LogP contribution in [0.3, 0.4) is 0 Å². The maximum absolute atomic E-state index is 12.2. The van der Waals surface area contributed by atoms with Gasteiger partial charge in [-0.1, -0.05) is 30.3 Å². The standard InChI is InChI=1S/C15H21NO4/c1-18-11-13-14(19-2)8-9-16(13)15(17)20-10-12-6-4-3-5-7-12/h3-7,13-14H,8-11H2,1-2H3/t13-,14+/m0/s1. The quantitative estimate of drug-likeness (QED) is 0.827. The molecule has 1 aromatic rings. The van der Waals surface area contributed by atoms with E-state index in [0.29, 0.717) is 13.2 Å². The fourth-order valence-corrected chi connectivity index (χ4v) is 2.50. The second kappa shape index (κ2) is 7.26. The van der Waals surface area contributed by atoms with E-state index < -0.39 is 0 Å². The SMILES string of the molecule is COC[C@H]1[C@H](OC)CCN1C(=O)OCc1ccccc1. The number of nitrogens with zero attached hydrogens (tertiary/aromatic N) is 1. The smallest absolute Gasteiger partial charge is 0.410 e. The van der Waals surface area contributed by atoms with Crippen LogP contribution in [0.2, 0.25) is 0 Å². The predicted molar refractivity (Wildman–Crippen MR) is 74.4 cm³/mol. The minimum absolute atomic E-state index is 0.0132. The maximum atomic E-state index is 12.2. The summed E-state index contributed by atoms with van der Waals surface area (Å²) < 4.78 is 15.9. The van der Waals surface area contributed by atoms with Gasteiger partial charge in [-0.05, 0) is 12.0 Å². The third-order valence-corrected chi connectivity index (χ3v) is 3.56. The van der Waals surface area contributed by atoms with E-state index in [-0.39, 0.29) is 24.8 Å². The highest BCUT2D eigenvalue weighted by Gasteiger charge is 2.38. The van der Waals surface area contributed by atoms with E-state index >= 15 is 0 Å². The first-order valence-electron chi connectivity index (χ1n) is 6.75. The zero-order valence-electron chi connectivity index (χ0n) is 12.0. The molecule has 0 bridgehead atoms. The molecule has 1 fully saturated rings. The van der Waals surface area contributed by atoms with Crippen molar-refractivity contribution in [3.63, 3.8) is 0 Å². The normalized spacial score (nSPS) is 22.0. The Balaban J connectivity index is 1.91. The van der Waals surface area contributed by atoms with Gasteiger partial charge in [-0.3, -0.25) is 0 Å². The van der Waals surface area contributed by atoms with Crippen LogP contribution in [0.15, 0.2) is 30.3 Å². The zero-order valence-corrected chi connectivity index (χ0v) is 12.0. The van der Waals surface area contributed by atoms with Crippen molar-refractivity contribution in [3.8, 4) is 0 Å². The van der Waals surface area contributed by atoms with Gasteiger partial charge >= 0.3 is 6.09 Å². The van der Waals surface area contributed by atoms with Gasteiger partial charge in [-0.15, -0.1) is 0 Å². The molecule has 110 valence electrons. The van der Waals surface area contributed by atoms with Gasteiger partial charge in [0.1, 0.15) is 6.61 Å². The number of amides is 1. The number of methoxy groups -OCH3 is 2. The Morgan fingerprint density at radius 2 is 2.05 bits per heavy atom. The molecule has 0 N–H and O–H groups in total. The summed E-state index contributed by atoms with van der Waals surface area (Å²) in [6.45, 7) is 1.38. The number of carbonyl (C=O) groups is 1. The molecule has 5 nitrogen and oxygen atoms in total. The second-order valence-corrected chi connectivity index (χ2v) is 4.82. The molecule has 0 spiro atoms. The predicted octanol–water partition coefficient (Wildman–Crippen LogP) is 2.06. The van der Waals surface area contributed by atoms with Gasteiger partial charge in [0.2, 0.25) is 0 Å². The molecule has 0 aromatic heterocycles. The van der Waals surface area contributed by atoms with Gasteiger partial charge in [0.05, 0.1) is 18.8 Å². The Morgan fingerprint density at radius 3 is 2.70 bits per heavy atom. The lowest BCUT2D eigenvalue weighted by Gasteiger charge is -2.26. The van der Waals surface area contributed by atoms with Crippen LogP contribution >= 0.6 is 0 Å². The summed E-state index contributed by atoms with van der Waals surface area (Å²) in [5, 5.41) is 0. The molecule has 0 unspecified atom stereocenters. The molecule has 1 saturated heterocycles. The van der Waals surface area contributed by atoms with Crippen molar-refractivity contribution in [2.75, 3.05) is 27.4 Å². The van der Waals surface area contributed by atoms with Crippen molar-refractivity contribution in [2.24, 2.45) is 0 Å². The Hall–Kier alpha value is -1.59. The Kier molecular flexibility index (Phi) is 5.38. The maximum Gasteiger partial charge on any atom is 0.410 e. The number of carbonyl (C=O) groups excluding carboxylic acids is 1. The minimum atomic E-state index is -0.310. The molecule has 0 saturated carbocycles. The van der Waals surface area contributed by atoms with Crippen molar-refractivity contribution in [2.45, 2.75) is 25.2 Å². The number of hydrogen-bond donors (Lipinski definition) is 0. The lowest BCUT2D eigenvalue weighted by atomic mass is 10.2. The van der Waals surface area contributed by atoms with Gasteiger partial charge in [-0.2, -0.15) is 0 Å². The summed E-state index contributed by atoms with van der Waals surface area (Å²) in [4.78, 5) is 13.9.